The van der Waals surface area contributed by atoms with E-state index in [2.05, 4.69) is 10.6 Å². The van der Waals surface area contributed by atoms with Gasteiger partial charge in [0.1, 0.15) is 23.7 Å². The Morgan fingerprint density at radius 1 is 0.535 bits per heavy atom. The molecule has 101 heavy (non-hydrogen) atoms. The van der Waals surface area contributed by atoms with Gasteiger partial charge in [-0.25, -0.2) is 8.78 Å². The molecule has 0 radical (unpaired) electrons. The van der Waals surface area contributed by atoms with Crippen molar-refractivity contribution < 1.29 is 94.0 Å². The van der Waals surface area contributed by atoms with Gasteiger partial charge in [0, 0.05) is 35.7 Å². The Kier molecular flexibility index (Phi) is 38.2. The molecule has 2 heterocycles. The minimum atomic E-state index is -4.78. The number of nitrogens with zero attached hydrogens (tertiary/aromatic N) is 4. The number of alkyl halides is 6. The number of hydrogen-bond acceptors (Lipinski definition) is 11. The zero-order valence-electron chi connectivity index (χ0n) is 61.2. The van der Waals surface area contributed by atoms with Crippen molar-refractivity contribution in [1.29, 1.82) is 0 Å². The Hall–Kier alpha value is -6.76. The van der Waals surface area contributed by atoms with Crippen molar-refractivity contribution >= 4 is 50.7 Å². The van der Waals surface area contributed by atoms with Gasteiger partial charge >= 0.3 is 43.2 Å². The molecule has 0 spiro atoms. The number of aryl methyl sites for hydroxylation is 10. The number of aromatic nitrogens is 2. The fourth-order valence-electron chi connectivity index (χ4n) is 12.6. The number of hydrogen-bond donors (Lipinski definition) is 3. The number of rotatable bonds is 27. The van der Waals surface area contributed by atoms with Crippen LogP contribution in [0.3, 0.4) is 0 Å². The van der Waals surface area contributed by atoms with E-state index in [4.69, 9.17) is 4.74 Å². The van der Waals surface area contributed by atoms with Crippen LogP contribution in [0.15, 0.2) is 82.6 Å². The van der Waals surface area contributed by atoms with Crippen LogP contribution in [0, 0.1) is 78.9 Å². The first-order valence-electron chi connectivity index (χ1n) is 32.3. The summed E-state index contributed by atoms with van der Waals surface area (Å²) in [5.74, 6) is -5.12. The summed E-state index contributed by atoms with van der Waals surface area (Å²) in [5.41, 5.74) is 5.31. The van der Waals surface area contributed by atoms with Crippen LogP contribution in [0.1, 0.15) is 175 Å². The third-order valence-corrected chi connectivity index (χ3v) is 16.6. The second kappa shape index (κ2) is 40.9. The second-order valence-corrected chi connectivity index (χ2v) is 26.7. The summed E-state index contributed by atoms with van der Waals surface area (Å²) in [6.45, 7) is 24.8. The van der Waals surface area contributed by atoms with E-state index in [0.717, 1.165) is 66.0 Å². The number of benzene rings is 4. The number of carboxylic acid groups (broad SMARTS) is 1. The van der Waals surface area contributed by atoms with Crippen molar-refractivity contribution in [1.82, 2.24) is 29.6 Å². The molecule has 4 aromatic carbocycles. The minimum Gasteiger partial charge on any atom is -0.870 e. The number of pyridine rings is 2. The van der Waals surface area contributed by atoms with Crippen LogP contribution in [0.2, 0.25) is 0 Å². The fraction of sp³-hybridized carbons (Fsp3) is 0.486. The first-order valence-corrected chi connectivity index (χ1v) is 32.3. The number of halogens is 8. The van der Waals surface area contributed by atoms with Gasteiger partial charge < -0.3 is 50.4 Å². The van der Waals surface area contributed by atoms with E-state index in [0.29, 0.717) is 54.8 Å². The molecule has 27 heteroatoms. The maximum atomic E-state index is 16.0. The Balaban J connectivity index is 0.00000189. The van der Waals surface area contributed by atoms with Crippen LogP contribution in [0.4, 0.5) is 35.1 Å². The average molecular weight is 1460 g/mol. The molecule has 0 saturated carbocycles. The molecule has 2 aromatic heterocycles. The summed E-state index contributed by atoms with van der Waals surface area (Å²) in [6.07, 6.45) is -7.40. The van der Waals surface area contributed by atoms with Gasteiger partial charge in [-0.1, -0.05) is 63.1 Å². The van der Waals surface area contributed by atoms with Crippen molar-refractivity contribution in [3.05, 3.63) is 183 Å². The van der Waals surface area contributed by atoms with Crippen LogP contribution < -0.4 is 40.6 Å². The maximum absolute atomic E-state index is 16.0. The molecular formula is C74H100F8LiN6O10S2-. The van der Waals surface area contributed by atoms with E-state index in [1.165, 1.54) is 6.07 Å². The Labute approximate surface area is 614 Å². The Morgan fingerprint density at radius 2 is 0.861 bits per heavy atom. The van der Waals surface area contributed by atoms with Crippen molar-refractivity contribution in [2.24, 2.45) is 11.8 Å². The van der Waals surface area contributed by atoms with Crippen LogP contribution in [0.25, 0.3) is 22.3 Å². The van der Waals surface area contributed by atoms with Crippen molar-refractivity contribution in [3.63, 3.8) is 0 Å². The number of amides is 2. The molecule has 2 amide bonds. The number of carbonyl (C=O) groups is 4. The minimum absolute atomic E-state index is 0. The molecule has 4 atom stereocenters. The van der Waals surface area contributed by atoms with Crippen LogP contribution in [-0.2, 0) is 49.1 Å². The van der Waals surface area contributed by atoms with Crippen molar-refractivity contribution in [2.45, 2.75) is 178 Å². The Bertz CT molecular complexity index is 3870. The van der Waals surface area contributed by atoms with Crippen LogP contribution in [0.5, 0.6) is 0 Å². The van der Waals surface area contributed by atoms with E-state index in [1.807, 2.05) is 104 Å². The van der Waals surface area contributed by atoms with Crippen molar-refractivity contribution in [2.75, 3.05) is 47.9 Å². The summed E-state index contributed by atoms with van der Waals surface area (Å²) in [4.78, 5) is 83.2. The second-order valence-electron chi connectivity index (χ2n) is 26.7. The largest absolute Gasteiger partial charge is 1.00 e. The molecule has 0 aliphatic heterocycles. The molecule has 16 nitrogen and oxygen atoms in total. The average Bonchev–Trinajstić information content (AvgIpc) is 0.797. The van der Waals surface area contributed by atoms with Gasteiger partial charge in [0.15, 0.2) is 0 Å². The molecule has 0 bridgehead atoms. The smallest absolute Gasteiger partial charge is 0.870 e. The quantitative estimate of drug-likeness (QED) is 0.0248. The number of carboxylic acids is 1. The molecule has 0 fully saturated rings. The van der Waals surface area contributed by atoms with Gasteiger partial charge in [0.2, 0.25) is 11.8 Å². The Morgan fingerprint density at radius 3 is 1.15 bits per heavy atom. The monoisotopic (exact) mass is 1460 g/mol. The van der Waals surface area contributed by atoms with Gasteiger partial charge in [0.05, 0.1) is 42.7 Å². The first kappa shape index (κ1) is 94.2. The summed E-state index contributed by atoms with van der Waals surface area (Å²) in [5, 5.41) is 15.2. The molecule has 0 aliphatic carbocycles. The zero-order valence-corrected chi connectivity index (χ0v) is 63.2. The number of esters is 1. The van der Waals surface area contributed by atoms with Gasteiger partial charge in [0.25, 0.3) is 11.1 Å². The summed E-state index contributed by atoms with van der Waals surface area (Å²) in [6, 6.07) is 10.6. The summed E-state index contributed by atoms with van der Waals surface area (Å²) < 4.78 is 123. The molecular weight excluding hydrogens is 1360 g/mol. The predicted octanol–water partition coefficient (Wildman–Crippen LogP) is 12.0. The van der Waals surface area contributed by atoms with Gasteiger partial charge in [-0.15, -0.1) is 0 Å². The van der Waals surface area contributed by atoms with Crippen LogP contribution in [-0.4, -0.2) is 107 Å². The third kappa shape index (κ3) is 26.2. The van der Waals surface area contributed by atoms with Crippen LogP contribution >= 0.6 is 27.0 Å². The number of aliphatic carboxylic acids is 1. The summed E-state index contributed by atoms with van der Waals surface area (Å²) >= 11 is 0. The topological polar surface area (TPSA) is 232 Å². The molecule has 5 N–H and O–H groups in total. The van der Waals surface area contributed by atoms with E-state index in [9.17, 15) is 60.2 Å². The molecule has 2 unspecified atom stereocenters. The maximum Gasteiger partial charge on any atom is 1.00 e. The molecule has 0 aliphatic rings. The van der Waals surface area contributed by atoms with E-state index in [-0.39, 0.29) is 129 Å². The molecule has 6 rings (SSSR count). The third-order valence-electron chi connectivity index (χ3n) is 16.6. The molecule has 6 aromatic rings. The fourth-order valence-corrected chi connectivity index (χ4v) is 12.6. The van der Waals surface area contributed by atoms with Gasteiger partial charge in [-0.05, 0) is 245 Å². The number of ether oxygens (including phenoxy) is 1. The molecule has 0 saturated heterocycles. The predicted molar refractivity (Wildman–Crippen MR) is 384 cm³/mol. The normalized spacial score (nSPS) is 12.5. The first-order chi connectivity index (χ1) is 44.6. The molecule has 556 valence electrons. The standard InChI is InChI=1S/C38H49F4N3O4.C36H45F4N3O4.Li.2H2O.2H2S/c1-10-49-34(47)20-31(29-18-28(17-26(7)36(29)39)35-24(5)15-23(4)16-25(35)6)43-37(48)32(14-22(2)3)45-21-27(12-11-13-44(8)9)30(19-33(45)46)38(40,41)42;1-20(2)12-30(43-19-25(10-9-11-42(7)8)28(17-31(43)44)36(38,39)40)35(47)41-29(18-32(45)46)27-16-26(15-24(6)34(27)37)33-22(4)13-21(3)14-23(33)5;;;;;/h15-19,21-22,31-32H,10-14,20H2,1-9H3,(H,43,48);13-17,19-20,29-30H,9-12,18H2,1-8H3,(H,41,47)(H,45,46);;4*1H2/q;;+1;;;;/p-2/t31-,32?;29-,30?;;;;;/m00...../s1. The number of nitrogens with one attached hydrogen (secondary N) is 2. The SMILES string of the molecule is CCOC(=O)C[C@H](NC(=O)C(CC(C)C)n1cc(CCCN(C)C)c(C(F)(F)F)cc1=O)c1cc(-c2c(C)cc(C)cc2C)cc(C)c1F.Cc1cc(C)c(-c2cc(C)c(F)c([C@H](CC(=O)O)NC(=O)C(CC(C)C)n3cc(CCCN(C)C)c(C(F)(F)F)cc3=O)c2)c(C)c1.S.S.[Li+].[OH-].[OH-]. The summed E-state index contributed by atoms with van der Waals surface area (Å²) in [7, 11) is 7.21. The zero-order chi connectivity index (χ0) is 72.2. The van der Waals surface area contributed by atoms with Gasteiger partial charge in [-0.3, -0.25) is 28.8 Å². The van der Waals surface area contributed by atoms with E-state index in [1.54, 1.807) is 66.9 Å². The van der Waals surface area contributed by atoms with Crippen molar-refractivity contribution in [3.8, 4) is 22.3 Å². The van der Waals surface area contributed by atoms with Gasteiger partial charge in [-0.2, -0.15) is 53.3 Å². The van der Waals surface area contributed by atoms with E-state index < -0.39 is 107 Å². The number of carbonyl (C=O) groups excluding carboxylic acids is 3. The van der Waals surface area contributed by atoms with E-state index >= 15 is 8.78 Å².